The second-order valence-corrected chi connectivity index (χ2v) is 26.7. The normalized spacial score (nSPS) is 13.9. The van der Waals surface area contributed by atoms with E-state index in [2.05, 4.69) is 339 Å². The molecule has 0 spiro atoms. The lowest BCUT2D eigenvalue weighted by atomic mass is 9.33. The molecule has 2 heterocycles. The fourth-order valence-electron chi connectivity index (χ4n) is 14.0. The zero-order valence-corrected chi connectivity index (χ0v) is 50.2. The smallest absolute Gasteiger partial charge is 0.252 e. The standard InChI is InChI=1S/C80H72BN3/c1-53-47-74-76-75(48-53)84(71-45-39-58(78(5,6)7)49-66(71)54-35-37-55(38-36-54)77(2,3)4)73-52-63(82(60-29-19-13-20-30-60)61-31-21-14-22-32-61)42-44-69(73)81(76)70-50-59(79(8,9)10)40-46-72(70)83(74)62-41-43-65-64-33-23-24-34-67(64)80(68(65)51-62,56-25-15-11-16-26-56)57-27-17-12-18-28-57/h11-52H,1-10H3. The Morgan fingerprint density at radius 3 is 1.45 bits per heavy atom. The Bertz CT molecular complexity index is 4240. The van der Waals surface area contributed by atoms with Crippen molar-refractivity contribution in [2.75, 3.05) is 14.7 Å². The Labute approximate surface area is 498 Å². The summed E-state index contributed by atoms with van der Waals surface area (Å²) in [4.78, 5) is 7.67. The minimum absolute atomic E-state index is 0.0122. The first-order valence-electron chi connectivity index (χ1n) is 30.0. The van der Waals surface area contributed by atoms with Gasteiger partial charge in [0.15, 0.2) is 0 Å². The van der Waals surface area contributed by atoms with Crippen LogP contribution < -0.4 is 31.1 Å². The number of aryl methyl sites for hydroxylation is 1. The summed E-state index contributed by atoms with van der Waals surface area (Å²) in [6.45, 7) is 23.2. The quantitative estimate of drug-likeness (QED) is 0.140. The fraction of sp³-hybridized carbons (Fsp3) is 0.175. The van der Waals surface area contributed by atoms with E-state index in [0.29, 0.717) is 0 Å². The summed E-state index contributed by atoms with van der Waals surface area (Å²) >= 11 is 0. The molecule has 3 aliphatic rings. The maximum atomic E-state index is 2.64. The molecule has 0 bridgehead atoms. The van der Waals surface area contributed by atoms with Crippen LogP contribution in [-0.2, 0) is 21.7 Å². The van der Waals surface area contributed by atoms with Crippen LogP contribution in [0.2, 0.25) is 0 Å². The van der Waals surface area contributed by atoms with Crippen LogP contribution in [0.3, 0.4) is 0 Å². The molecule has 3 nitrogen and oxygen atoms in total. The first-order valence-corrected chi connectivity index (χ1v) is 30.0. The number of nitrogens with zero attached hydrogens (tertiary/aromatic N) is 3. The van der Waals surface area contributed by atoms with Gasteiger partial charge in [-0.3, -0.25) is 0 Å². The fourth-order valence-corrected chi connectivity index (χ4v) is 14.0. The van der Waals surface area contributed by atoms with Gasteiger partial charge >= 0.3 is 0 Å². The van der Waals surface area contributed by atoms with Crippen LogP contribution in [0.15, 0.2) is 255 Å². The SMILES string of the molecule is Cc1cc2c3c(c1)N(c1ccc(C(C)(C)C)cc1-c1ccc(C(C)(C)C)cc1)c1cc(N(c4ccccc4)c4ccccc4)ccc1B3c1cc(C(C)(C)C)ccc1N2c1ccc2c(c1)C(c1ccccc1)(c1ccccc1)c1ccccc1-2. The summed E-state index contributed by atoms with van der Waals surface area (Å²) < 4.78 is 0. The molecule has 2 aliphatic heterocycles. The highest BCUT2D eigenvalue weighted by molar-refractivity contribution is 7.00. The summed E-state index contributed by atoms with van der Waals surface area (Å²) in [5, 5.41) is 0. The Kier molecular flexibility index (Phi) is 12.5. The number of fused-ring (bicyclic) bond motifs is 7. The van der Waals surface area contributed by atoms with Gasteiger partial charge in [-0.25, -0.2) is 0 Å². The highest BCUT2D eigenvalue weighted by atomic mass is 15.2. The molecule has 0 radical (unpaired) electrons. The molecule has 1 aliphatic carbocycles. The molecule has 4 heteroatoms. The van der Waals surface area contributed by atoms with Crippen LogP contribution in [0.1, 0.15) is 107 Å². The van der Waals surface area contributed by atoms with E-state index in [-0.39, 0.29) is 23.0 Å². The molecular weight excluding hydrogens is 1010 g/mol. The Hall–Kier alpha value is -9.12. The molecule has 0 atom stereocenters. The van der Waals surface area contributed by atoms with E-state index in [1.807, 2.05) is 0 Å². The van der Waals surface area contributed by atoms with Gasteiger partial charge in [0, 0.05) is 51.1 Å². The first kappa shape index (κ1) is 52.9. The predicted octanol–water partition coefficient (Wildman–Crippen LogP) is 19.5. The largest absolute Gasteiger partial charge is 0.311 e. The monoisotopic (exact) mass is 1090 g/mol. The molecule has 84 heavy (non-hydrogen) atoms. The molecule has 410 valence electrons. The lowest BCUT2D eigenvalue weighted by Crippen LogP contribution is -2.61. The van der Waals surface area contributed by atoms with Gasteiger partial charge in [-0.2, -0.15) is 0 Å². The van der Waals surface area contributed by atoms with Crippen LogP contribution >= 0.6 is 0 Å². The van der Waals surface area contributed by atoms with Crippen molar-refractivity contribution in [3.63, 3.8) is 0 Å². The van der Waals surface area contributed by atoms with Crippen LogP contribution in [-0.4, -0.2) is 6.71 Å². The summed E-state index contributed by atoms with van der Waals surface area (Å²) in [6, 6.07) is 96.8. The third-order valence-electron chi connectivity index (χ3n) is 18.2. The molecule has 0 aromatic heterocycles. The van der Waals surface area contributed by atoms with Gasteiger partial charge < -0.3 is 14.7 Å². The van der Waals surface area contributed by atoms with Gasteiger partial charge in [-0.05, 0) is 180 Å². The number of anilines is 9. The second kappa shape index (κ2) is 19.8. The van der Waals surface area contributed by atoms with Crippen molar-refractivity contribution in [3.8, 4) is 22.3 Å². The molecule has 0 fully saturated rings. The average Bonchev–Trinajstić information content (AvgIpc) is 1.30. The summed E-state index contributed by atoms with van der Waals surface area (Å²) in [5.41, 5.74) is 28.7. The van der Waals surface area contributed by atoms with Gasteiger partial charge in [0.25, 0.3) is 6.71 Å². The molecular formula is C80H72BN3. The van der Waals surface area contributed by atoms with Crippen molar-refractivity contribution in [3.05, 3.63) is 299 Å². The Balaban J connectivity index is 1.07. The van der Waals surface area contributed by atoms with Gasteiger partial charge in [0.05, 0.1) is 11.1 Å². The van der Waals surface area contributed by atoms with Crippen LogP contribution in [0.25, 0.3) is 22.3 Å². The summed E-state index contributed by atoms with van der Waals surface area (Å²) in [6.07, 6.45) is 0. The Morgan fingerprint density at radius 2 is 0.857 bits per heavy atom. The van der Waals surface area contributed by atoms with Gasteiger partial charge in [-0.15, -0.1) is 0 Å². The van der Waals surface area contributed by atoms with Crippen molar-refractivity contribution >= 4 is 74.3 Å². The number of benzene rings is 11. The highest BCUT2D eigenvalue weighted by Gasteiger charge is 2.48. The van der Waals surface area contributed by atoms with E-state index >= 15 is 0 Å². The van der Waals surface area contributed by atoms with E-state index in [1.165, 1.54) is 106 Å². The van der Waals surface area contributed by atoms with Gasteiger partial charge in [0.2, 0.25) is 0 Å². The van der Waals surface area contributed by atoms with Crippen LogP contribution in [0.5, 0.6) is 0 Å². The maximum Gasteiger partial charge on any atom is 0.252 e. The Morgan fingerprint density at radius 1 is 0.345 bits per heavy atom. The minimum Gasteiger partial charge on any atom is -0.311 e. The highest BCUT2D eigenvalue weighted by Crippen LogP contribution is 2.58. The lowest BCUT2D eigenvalue weighted by molar-refractivity contribution is 0.590. The number of hydrogen-bond donors (Lipinski definition) is 0. The first-order chi connectivity index (χ1) is 40.5. The van der Waals surface area contributed by atoms with Gasteiger partial charge in [0.1, 0.15) is 0 Å². The second-order valence-electron chi connectivity index (χ2n) is 26.7. The molecule has 0 saturated carbocycles. The zero-order chi connectivity index (χ0) is 57.9. The molecule has 0 N–H and O–H groups in total. The number of rotatable bonds is 8. The molecule has 11 aromatic carbocycles. The minimum atomic E-state index is -0.560. The predicted molar refractivity (Wildman–Crippen MR) is 359 cm³/mol. The van der Waals surface area contributed by atoms with E-state index < -0.39 is 5.41 Å². The van der Waals surface area contributed by atoms with E-state index in [0.717, 1.165) is 28.4 Å². The summed E-state index contributed by atoms with van der Waals surface area (Å²) in [7, 11) is 0. The van der Waals surface area contributed by atoms with Crippen LogP contribution in [0, 0.1) is 6.92 Å². The van der Waals surface area contributed by atoms with Crippen LogP contribution in [0.4, 0.5) is 51.2 Å². The van der Waals surface area contributed by atoms with Crippen molar-refractivity contribution in [1.82, 2.24) is 0 Å². The average molecular weight is 1090 g/mol. The molecule has 0 unspecified atom stereocenters. The number of para-hydroxylation sites is 2. The third-order valence-corrected chi connectivity index (χ3v) is 18.2. The third kappa shape index (κ3) is 8.55. The lowest BCUT2D eigenvalue weighted by Gasteiger charge is -2.45. The molecule has 11 aromatic rings. The molecule has 0 amide bonds. The topological polar surface area (TPSA) is 9.72 Å². The van der Waals surface area contributed by atoms with Crippen molar-refractivity contribution in [1.29, 1.82) is 0 Å². The van der Waals surface area contributed by atoms with Gasteiger partial charge in [-0.1, -0.05) is 238 Å². The van der Waals surface area contributed by atoms with E-state index in [9.17, 15) is 0 Å². The van der Waals surface area contributed by atoms with Crippen molar-refractivity contribution < 1.29 is 0 Å². The van der Waals surface area contributed by atoms with E-state index in [1.54, 1.807) is 0 Å². The summed E-state index contributed by atoms with van der Waals surface area (Å²) in [5.74, 6) is 0. The zero-order valence-electron chi connectivity index (χ0n) is 50.2. The number of hydrogen-bond acceptors (Lipinski definition) is 3. The maximum absolute atomic E-state index is 2.64. The van der Waals surface area contributed by atoms with E-state index in [4.69, 9.17) is 0 Å². The molecule has 0 saturated heterocycles. The van der Waals surface area contributed by atoms with Crippen molar-refractivity contribution in [2.24, 2.45) is 0 Å². The van der Waals surface area contributed by atoms with Crippen molar-refractivity contribution in [2.45, 2.75) is 90.9 Å². The molecule has 14 rings (SSSR count).